The number of aromatic nitrogens is 2. The molecule has 2 N–H and O–H groups in total. The predicted molar refractivity (Wildman–Crippen MR) is 68.7 cm³/mol. The molecule has 18 heavy (non-hydrogen) atoms. The van der Waals surface area contributed by atoms with Gasteiger partial charge < -0.3 is 5.73 Å². The Balaban J connectivity index is 2.19. The number of rotatable bonds is 2. The molecule has 0 saturated carbocycles. The van der Waals surface area contributed by atoms with Gasteiger partial charge in [-0.15, -0.1) is 0 Å². The molecule has 0 saturated heterocycles. The molecule has 0 aliphatic heterocycles. The lowest BCUT2D eigenvalue weighted by atomic mass is 10.1. The van der Waals surface area contributed by atoms with Crippen LogP contribution in [0.2, 0.25) is 5.02 Å². The number of nitrogens with two attached hydrogens (primary N) is 1. The van der Waals surface area contributed by atoms with Gasteiger partial charge in [0.05, 0.1) is 24.3 Å². The van der Waals surface area contributed by atoms with E-state index < -0.39 is 0 Å². The lowest BCUT2D eigenvalue weighted by Crippen LogP contribution is -2.02. The van der Waals surface area contributed by atoms with Crippen molar-refractivity contribution in [2.45, 2.75) is 6.54 Å². The highest BCUT2D eigenvalue weighted by molar-refractivity contribution is 6.30. The number of halogens is 2. The van der Waals surface area contributed by atoms with E-state index in [0.717, 1.165) is 0 Å². The van der Waals surface area contributed by atoms with Crippen molar-refractivity contribution in [3.8, 4) is 11.8 Å². The zero-order valence-electron chi connectivity index (χ0n) is 9.53. The van der Waals surface area contributed by atoms with E-state index in [-0.39, 0.29) is 12.4 Å². The van der Waals surface area contributed by atoms with Gasteiger partial charge in [-0.1, -0.05) is 29.5 Å². The lowest BCUT2D eigenvalue weighted by molar-refractivity contribution is 0.585. The van der Waals surface area contributed by atoms with E-state index in [9.17, 15) is 4.39 Å². The predicted octanol–water partition coefficient (Wildman–Crippen LogP) is 2.03. The molecule has 92 valence electrons. The molecule has 0 spiro atoms. The van der Waals surface area contributed by atoms with Crippen LogP contribution in [0.4, 0.5) is 4.39 Å². The van der Waals surface area contributed by atoms with E-state index in [2.05, 4.69) is 16.9 Å². The molecule has 5 heteroatoms. The molecular formula is C13H11ClFN3. The van der Waals surface area contributed by atoms with Crippen LogP contribution in [0.15, 0.2) is 30.6 Å². The first-order valence-corrected chi connectivity index (χ1v) is 5.72. The molecule has 0 radical (unpaired) electrons. The van der Waals surface area contributed by atoms with Crippen LogP contribution in [0.1, 0.15) is 11.1 Å². The molecule has 0 aliphatic rings. The Labute approximate surface area is 109 Å². The summed E-state index contributed by atoms with van der Waals surface area (Å²) in [7, 11) is 0. The number of nitrogens with zero attached hydrogens (tertiary/aromatic N) is 2. The quantitative estimate of drug-likeness (QED) is 0.843. The molecule has 0 atom stereocenters. The van der Waals surface area contributed by atoms with Gasteiger partial charge in [-0.05, 0) is 12.1 Å². The Morgan fingerprint density at radius 3 is 2.89 bits per heavy atom. The summed E-state index contributed by atoms with van der Waals surface area (Å²) in [4.78, 5) is 0. The molecule has 1 aromatic carbocycles. The number of hydrogen-bond acceptors (Lipinski definition) is 2. The number of hydrogen-bond donors (Lipinski definition) is 1. The van der Waals surface area contributed by atoms with E-state index in [1.54, 1.807) is 23.0 Å². The molecule has 0 bridgehead atoms. The van der Waals surface area contributed by atoms with Crippen LogP contribution in [0.3, 0.4) is 0 Å². The Kier molecular flexibility index (Phi) is 3.98. The maximum Gasteiger partial charge on any atom is 0.129 e. The summed E-state index contributed by atoms with van der Waals surface area (Å²) in [6.07, 6.45) is 3.16. The van der Waals surface area contributed by atoms with Crippen molar-refractivity contribution >= 4 is 11.6 Å². The second-order valence-corrected chi connectivity index (χ2v) is 4.10. The normalized spacial score (nSPS) is 9.94. The van der Waals surface area contributed by atoms with Gasteiger partial charge >= 0.3 is 0 Å². The minimum atomic E-state index is -0.314. The topological polar surface area (TPSA) is 43.8 Å². The van der Waals surface area contributed by atoms with Crippen molar-refractivity contribution in [2.75, 3.05) is 6.54 Å². The van der Waals surface area contributed by atoms with Crippen LogP contribution < -0.4 is 5.73 Å². The fourth-order valence-corrected chi connectivity index (χ4v) is 1.66. The van der Waals surface area contributed by atoms with E-state index in [1.807, 2.05) is 0 Å². The van der Waals surface area contributed by atoms with Crippen LogP contribution in [0.25, 0.3) is 0 Å². The Morgan fingerprint density at radius 1 is 1.44 bits per heavy atom. The molecule has 2 rings (SSSR count). The summed E-state index contributed by atoms with van der Waals surface area (Å²) in [5.41, 5.74) is 6.40. The summed E-state index contributed by atoms with van der Waals surface area (Å²) in [5.74, 6) is 5.15. The van der Waals surface area contributed by atoms with Gasteiger partial charge in [-0.2, -0.15) is 5.10 Å². The summed E-state index contributed by atoms with van der Waals surface area (Å²) in [5, 5.41) is 4.53. The van der Waals surface area contributed by atoms with Gasteiger partial charge in [0.1, 0.15) is 5.82 Å². The highest BCUT2D eigenvalue weighted by Crippen LogP contribution is 2.13. The summed E-state index contributed by atoms with van der Waals surface area (Å²) < 4.78 is 15.4. The molecule has 0 aliphatic carbocycles. The zero-order chi connectivity index (χ0) is 13.0. The second kappa shape index (κ2) is 5.67. The molecular weight excluding hydrogens is 253 g/mol. The molecule has 3 nitrogen and oxygen atoms in total. The van der Waals surface area contributed by atoms with E-state index in [1.165, 1.54) is 12.3 Å². The highest BCUT2D eigenvalue weighted by atomic mass is 35.5. The summed E-state index contributed by atoms with van der Waals surface area (Å²) >= 11 is 5.74. The first-order valence-electron chi connectivity index (χ1n) is 5.34. The van der Waals surface area contributed by atoms with Crippen LogP contribution >= 0.6 is 11.6 Å². The standard InChI is InChI=1S/C13H11ClFN3/c14-12-7-17-18(9-12)8-11-4-3-10(2-1-5-16)6-13(11)15/h3-4,6-7,9H,5,8,16H2. The smallest absolute Gasteiger partial charge is 0.129 e. The van der Waals surface area contributed by atoms with Crippen LogP contribution in [-0.4, -0.2) is 16.3 Å². The van der Waals surface area contributed by atoms with Crippen molar-refractivity contribution in [3.05, 3.63) is 52.6 Å². The molecule has 0 amide bonds. The van der Waals surface area contributed by atoms with Crippen LogP contribution in [0, 0.1) is 17.7 Å². The van der Waals surface area contributed by atoms with Crippen LogP contribution in [-0.2, 0) is 6.54 Å². The Bertz CT molecular complexity index is 610. The molecule has 1 aromatic heterocycles. The maximum absolute atomic E-state index is 13.8. The van der Waals surface area contributed by atoms with Gasteiger partial charge in [-0.3, -0.25) is 4.68 Å². The van der Waals surface area contributed by atoms with Gasteiger partial charge in [0.2, 0.25) is 0 Å². The number of benzene rings is 1. The van der Waals surface area contributed by atoms with E-state index in [0.29, 0.717) is 22.7 Å². The van der Waals surface area contributed by atoms with Crippen molar-refractivity contribution in [3.63, 3.8) is 0 Å². The van der Waals surface area contributed by atoms with Gasteiger partial charge in [0.25, 0.3) is 0 Å². The maximum atomic E-state index is 13.8. The van der Waals surface area contributed by atoms with Crippen molar-refractivity contribution < 1.29 is 4.39 Å². The molecule has 0 fully saturated rings. The highest BCUT2D eigenvalue weighted by Gasteiger charge is 2.04. The largest absolute Gasteiger partial charge is 0.320 e. The first kappa shape index (κ1) is 12.6. The lowest BCUT2D eigenvalue weighted by Gasteiger charge is -2.03. The van der Waals surface area contributed by atoms with Gasteiger partial charge in [0, 0.05) is 17.3 Å². The molecule has 1 heterocycles. The van der Waals surface area contributed by atoms with E-state index in [4.69, 9.17) is 17.3 Å². The van der Waals surface area contributed by atoms with Gasteiger partial charge in [0.15, 0.2) is 0 Å². The van der Waals surface area contributed by atoms with Crippen molar-refractivity contribution in [1.82, 2.24) is 9.78 Å². The minimum absolute atomic E-state index is 0.259. The van der Waals surface area contributed by atoms with Gasteiger partial charge in [-0.25, -0.2) is 4.39 Å². The monoisotopic (exact) mass is 263 g/mol. The Hall–Kier alpha value is -1.83. The fourth-order valence-electron chi connectivity index (χ4n) is 1.51. The zero-order valence-corrected chi connectivity index (χ0v) is 10.3. The fraction of sp³-hybridized carbons (Fsp3) is 0.154. The average Bonchev–Trinajstić information content (AvgIpc) is 2.75. The van der Waals surface area contributed by atoms with Crippen molar-refractivity contribution in [2.24, 2.45) is 5.73 Å². The summed E-state index contributed by atoms with van der Waals surface area (Å²) in [6, 6.07) is 4.83. The first-order chi connectivity index (χ1) is 8.69. The van der Waals surface area contributed by atoms with E-state index >= 15 is 0 Å². The second-order valence-electron chi connectivity index (χ2n) is 3.67. The average molecular weight is 264 g/mol. The molecule has 2 aromatic rings. The van der Waals surface area contributed by atoms with Crippen molar-refractivity contribution in [1.29, 1.82) is 0 Å². The third-order valence-electron chi connectivity index (χ3n) is 2.32. The Morgan fingerprint density at radius 2 is 2.28 bits per heavy atom. The minimum Gasteiger partial charge on any atom is -0.320 e. The third kappa shape index (κ3) is 3.10. The third-order valence-corrected chi connectivity index (χ3v) is 2.52. The molecule has 0 unspecified atom stereocenters. The SMILES string of the molecule is NCC#Cc1ccc(Cn2cc(Cl)cn2)c(F)c1. The van der Waals surface area contributed by atoms with Crippen LogP contribution in [0.5, 0.6) is 0 Å². The summed E-state index contributed by atoms with van der Waals surface area (Å²) in [6.45, 7) is 0.596.